The number of aromatic nitrogens is 4. The number of benzene rings is 2. The molecule has 2 aromatic heterocycles. The number of hydrogen-bond donors (Lipinski definition) is 2. The number of nitrogen functional groups attached to an aromatic ring is 1. The Bertz CT molecular complexity index is 1210. The lowest BCUT2D eigenvalue weighted by Crippen LogP contribution is -2.23. The van der Waals surface area contributed by atoms with Gasteiger partial charge in [-0.05, 0) is 39.5 Å². The minimum absolute atomic E-state index is 0.0220. The summed E-state index contributed by atoms with van der Waals surface area (Å²) in [4.78, 5) is 17.1. The topological polar surface area (TPSA) is 124 Å². The van der Waals surface area contributed by atoms with Crippen molar-refractivity contribution in [1.82, 2.24) is 25.3 Å². The Morgan fingerprint density at radius 2 is 1.97 bits per heavy atom. The van der Waals surface area contributed by atoms with Gasteiger partial charge in [0.25, 0.3) is 5.91 Å². The molecule has 1 amide bonds. The van der Waals surface area contributed by atoms with Gasteiger partial charge in [0.15, 0.2) is 17.3 Å². The second kappa shape index (κ2) is 8.16. The zero-order chi connectivity index (χ0) is 21.1. The van der Waals surface area contributed by atoms with Crippen LogP contribution in [0.2, 0.25) is 0 Å². The molecule has 0 spiro atoms. The first-order chi connectivity index (χ1) is 14.5. The highest BCUT2D eigenvalue weighted by atomic mass is 16.6. The fraction of sp³-hybridized carbons (Fsp3) is 0.190. The molecule has 0 fully saturated rings. The molecule has 0 atom stereocenters. The summed E-state index contributed by atoms with van der Waals surface area (Å²) in [6.07, 6.45) is 1.61. The molecule has 4 aromatic rings. The summed E-state index contributed by atoms with van der Waals surface area (Å²) in [5, 5.41) is 11.5. The van der Waals surface area contributed by atoms with Crippen LogP contribution in [0.25, 0.3) is 22.6 Å². The van der Waals surface area contributed by atoms with E-state index in [1.807, 2.05) is 48.5 Å². The van der Waals surface area contributed by atoms with Crippen molar-refractivity contribution in [3.8, 4) is 11.5 Å². The van der Waals surface area contributed by atoms with E-state index in [2.05, 4.69) is 39.7 Å². The molecule has 0 aliphatic heterocycles. The smallest absolute Gasteiger partial charge is 0.260 e. The van der Waals surface area contributed by atoms with E-state index >= 15 is 0 Å². The molecule has 30 heavy (non-hydrogen) atoms. The van der Waals surface area contributed by atoms with Gasteiger partial charge in [0.05, 0.1) is 17.2 Å². The molecule has 9 heteroatoms. The molecule has 0 saturated carbocycles. The summed E-state index contributed by atoms with van der Waals surface area (Å²) in [5.74, 6) is 0.654. The maximum atomic E-state index is 12.5. The van der Waals surface area contributed by atoms with E-state index in [-0.39, 0.29) is 24.0 Å². The zero-order valence-electron chi connectivity index (χ0n) is 16.6. The van der Waals surface area contributed by atoms with Gasteiger partial charge in [-0.3, -0.25) is 4.79 Å². The van der Waals surface area contributed by atoms with Crippen molar-refractivity contribution < 1.29 is 9.42 Å². The van der Waals surface area contributed by atoms with Crippen LogP contribution in [0.3, 0.4) is 0 Å². The number of fused-ring (bicyclic) bond motifs is 1. The molecule has 0 saturated heterocycles. The minimum Gasteiger partial charge on any atom is -0.379 e. The highest BCUT2D eigenvalue weighted by Gasteiger charge is 2.20. The number of para-hydroxylation sites is 2. The molecule has 2 aromatic carbocycles. The van der Waals surface area contributed by atoms with Crippen molar-refractivity contribution in [2.24, 2.45) is 5.10 Å². The number of imidazole rings is 1. The van der Waals surface area contributed by atoms with Crippen LogP contribution in [-0.4, -0.2) is 32.0 Å². The molecule has 0 aliphatic rings. The first kappa shape index (κ1) is 19.3. The Morgan fingerprint density at radius 3 is 2.67 bits per heavy atom. The summed E-state index contributed by atoms with van der Waals surface area (Å²) >= 11 is 0. The highest BCUT2D eigenvalue weighted by Crippen LogP contribution is 2.26. The third kappa shape index (κ3) is 3.90. The van der Waals surface area contributed by atoms with Crippen LogP contribution in [0.4, 0.5) is 5.82 Å². The molecule has 0 unspecified atom stereocenters. The molecule has 2 heterocycles. The molecular formula is C21H21N7O2. The fourth-order valence-corrected chi connectivity index (χ4v) is 3.09. The van der Waals surface area contributed by atoms with E-state index in [0.717, 1.165) is 11.1 Å². The molecule has 0 aliphatic carbocycles. The number of anilines is 1. The molecule has 4 rings (SSSR count). The molecule has 9 nitrogen and oxygen atoms in total. The van der Waals surface area contributed by atoms with E-state index in [1.54, 1.807) is 10.8 Å². The Labute approximate surface area is 172 Å². The van der Waals surface area contributed by atoms with Gasteiger partial charge in [0.1, 0.15) is 6.54 Å². The first-order valence-electron chi connectivity index (χ1n) is 9.48. The van der Waals surface area contributed by atoms with Crippen molar-refractivity contribution in [3.05, 3.63) is 59.7 Å². The number of amides is 1. The van der Waals surface area contributed by atoms with E-state index < -0.39 is 0 Å². The van der Waals surface area contributed by atoms with Gasteiger partial charge in [-0.2, -0.15) is 5.10 Å². The number of carbonyl (C=O) groups excluding carboxylic acids is 1. The number of carbonyl (C=O) groups is 1. The average molecular weight is 403 g/mol. The monoisotopic (exact) mass is 403 g/mol. The van der Waals surface area contributed by atoms with Gasteiger partial charge < -0.3 is 10.3 Å². The number of nitrogens with one attached hydrogen (secondary N) is 1. The summed E-state index contributed by atoms with van der Waals surface area (Å²) in [7, 11) is 0. The molecule has 0 bridgehead atoms. The molecular weight excluding hydrogens is 382 g/mol. The highest BCUT2D eigenvalue weighted by molar-refractivity contribution is 5.86. The summed E-state index contributed by atoms with van der Waals surface area (Å²) in [5.41, 5.74) is 12.3. The average Bonchev–Trinajstić information content (AvgIpc) is 3.32. The second-order valence-corrected chi connectivity index (χ2v) is 7.12. The number of hydrazone groups is 1. The van der Waals surface area contributed by atoms with Crippen molar-refractivity contribution in [2.45, 2.75) is 26.3 Å². The number of rotatable bonds is 6. The molecule has 152 valence electrons. The van der Waals surface area contributed by atoms with Gasteiger partial charge in [-0.1, -0.05) is 50.2 Å². The van der Waals surface area contributed by atoms with Crippen LogP contribution in [0.5, 0.6) is 0 Å². The van der Waals surface area contributed by atoms with Crippen LogP contribution in [0, 0.1) is 0 Å². The molecule has 0 radical (unpaired) electrons. The van der Waals surface area contributed by atoms with Crippen LogP contribution in [0.15, 0.2) is 58.3 Å². The van der Waals surface area contributed by atoms with E-state index in [4.69, 9.17) is 10.4 Å². The maximum Gasteiger partial charge on any atom is 0.260 e. The normalized spacial score (nSPS) is 11.6. The predicted octanol–water partition coefficient (Wildman–Crippen LogP) is 2.94. The first-order valence-corrected chi connectivity index (χ1v) is 9.48. The third-order valence-electron chi connectivity index (χ3n) is 4.69. The third-order valence-corrected chi connectivity index (χ3v) is 4.69. The van der Waals surface area contributed by atoms with Crippen molar-refractivity contribution in [1.29, 1.82) is 0 Å². The van der Waals surface area contributed by atoms with Crippen molar-refractivity contribution >= 4 is 29.0 Å². The Morgan fingerprint density at radius 1 is 1.20 bits per heavy atom. The van der Waals surface area contributed by atoms with E-state index in [1.165, 1.54) is 5.56 Å². The fourth-order valence-electron chi connectivity index (χ4n) is 3.09. The zero-order valence-corrected chi connectivity index (χ0v) is 16.6. The summed E-state index contributed by atoms with van der Waals surface area (Å²) < 4.78 is 6.39. The second-order valence-electron chi connectivity index (χ2n) is 7.12. The Hall–Kier alpha value is -4.01. The maximum absolute atomic E-state index is 12.5. The lowest BCUT2D eigenvalue weighted by molar-refractivity contribution is -0.121. The van der Waals surface area contributed by atoms with Crippen LogP contribution < -0.4 is 11.2 Å². The van der Waals surface area contributed by atoms with E-state index in [9.17, 15) is 4.79 Å². The van der Waals surface area contributed by atoms with E-state index in [0.29, 0.717) is 17.3 Å². The Kier molecular flexibility index (Phi) is 5.25. The SMILES string of the molecule is CC(C)c1ccc(/C=N\NC(=O)Cn2c(-c3nonc3N)nc3ccccc32)cc1. The quantitative estimate of drug-likeness (QED) is 0.377. The standard InChI is InChI=1S/C21H21N7O2/c1-13(2)15-9-7-14(8-10-15)11-23-25-18(29)12-28-17-6-4-3-5-16(17)24-21(28)19-20(22)27-30-26-19/h3-11,13H,12H2,1-2H3,(H2,22,27)(H,25,29)/b23-11-. The van der Waals surface area contributed by atoms with Crippen molar-refractivity contribution in [3.63, 3.8) is 0 Å². The van der Waals surface area contributed by atoms with Gasteiger partial charge in [0.2, 0.25) is 0 Å². The van der Waals surface area contributed by atoms with Gasteiger partial charge >= 0.3 is 0 Å². The van der Waals surface area contributed by atoms with Gasteiger partial charge in [-0.15, -0.1) is 0 Å². The summed E-state index contributed by atoms with van der Waals surface area (Å²) in [6, 6.07) is 15.5. The van der Waals surface area contributed by atoms with Crippen LogP contribution in [0.1, 0.15) is 30.9 Å². The lowest BCUT2D eigenvalue weighted by Gasteiger charge is -2.07. The van der Waals surface area contributed by atoms with Gasteiger partial charge in [0, 0.05) is 0 Å². The van der Waals surface area contributed by atoms with Crippen LogP contribution >= 0.6 is 0 Å². The minimum atomic E-state index is -0.315. The predicted molar refractivity (Wildman–Crippen MR) is 114 cm³/mol. The molecule has 3 N–H and O–H groups in total. The van der Waals surface area contributed by atoms with Gasteiger partial charge in [-0.25, -0.2) is 15.0 Å². The van der Waals surface area contributed by atoms with Crippen molar-refractivity contribution in [2.75, 3.05) is 5.73 Å². The Balaban J connectivity index is 1.52. The summed E-state index contributed by atoms with van der Waals surface area (Å²) in [6.45, 7) is 4.26. The van der Waals surface area contributed by atoms with Crippen LogP contribution in [-0.2, 0) is 11.3 Å². The lowest BCUT2D eigenvalue weighted by atomic mass is 10.0. The largest absolute Gasteiger partial charge is 0.379 e. The number of nitrogens with zero attached hydrogens (tertiary/aromatic N) is 5. The number of nitrogens with two attached hydrogens (primary N) is 1. The number of hydrogen-bond acceptors (Lipinski definition) is 7.